The van der Waals surface area contributed by atoms with Gasteiger partial charge in [0.25, 0.3) is 0 Å². The van der Waals surface area contributed by atoms with Crippen LogP contribution in [0.5, 0.6) is 0 Å². The van der Waals surface area contributed by atoms with Gasteiger partial charge < -0.3 is 10.3 Å². The molecule has 1 aromatic heterocycles. The molecule has 0 saturated heterocycles. The molecule has 1 aromatic rings. The topological polar surface area (TPSA) is 52.0 Å². The van der Waals surface area contributed by atoms with Crippen LogP contribution in [0.15, 0.2) is 10.7 Å². The summed E-state index contributed by atoms with van der Waals surface area (Å²) in [7, 11) is 0. The summed E-state index contributed by atoms with van der Waals surface area (Å²) in [4.78, 5) is 0. The Morgan fingerprint density at radius 3 is 2.55 bits per heavy atom. The van der Waals surface area contributed by atoms with E-state index < -0.39 is 11.9 Å². The van der Waals surface area contributed by atoms with E-state index in [1.165, 1.54) is 0 Å². The molecule has 0 amide bonds. The van der Waals surface area contributed by atoms with Gasteiger partial charge in [0.2, 0.25) is 5.76 Å². The van der Waals surface area contributed by atoms with Crippen molar-refractivity contribution in [3.63, 3.8) is 0 Å². The second-order valence-electron chi connectivity index (χ2n) is 1.88. The minimum Gasteiger partial charge on any atom is -0.351 e. The molecule has 0 unspecified atom stereocenters. The first-order valence-electron chi connectivity index (χ1n) is 2.76. The molecule has 0 saturated carbocycles. The molecule has 62 valence electrons. The number of alkyl halides is 3. The van der Waals surface area contributed by atoms with Crippen molar-refractivity contribution < 1.29 is 17.7 Å². The fourth-order valence-corrected chi connectivity index (χ4v) is 0.639. The first-order chi connectivity index (χ1) is 5.05. The third-order valence-corrected chi connectivity index (χ3v) is 1.12. The Morgan fingerprint density at radius 2 is 2.18 bits per heavy atom. The molecule has 1 rings (SSSR count). The third-order valence-electron chi connectivity index (χ3n) is 1.12. The summed E-state index contributed by atoms with van der Waals surface area (Å²) >= 11 is 0. The second-order valence-corrected chi connectivity index (χ2v) is 1.88. The Morgan fingerprint density at radius 1 is 1.55 bits per heavy atom. The van der Waals surface area contributed by atoms with E-state index >= 15 is 0 Å². The van der Waals surface area contributed by atoms with Crippen molar-refractivity contribution in [3.8, 4) is 0 Å². The molecule has 0 bridgehead atoms. The fraction of sp³-hybridized carbons (Fsp3) is 0.400. The molecule has 0 radical (unpaired) electrons. The van der Waals surface area contributed by atoms with E-state index in [1.54, 1.807) is 0 Å². The van der Waals surface area contributed by atoms with Crippen LogP contribution in [0.3, 0.4) is 0 Å². The average molecular weight is 166 g/mol. The van der Waals surface area contributed by atoms with Crippen molar-refractivity contribution >= 4 is 0 Å². The molecule has 2 N–H and O–H groups in total. The number of halogens is 3. The summed E-state index contributed by atoms with van der Waals surface area (Å²) in [6.07, 6.45) is -3.53. The van der Waals surface area contributed by atoms with Crippen molar-refractivity contribution in [2.45, 2.75) is 12.7 Å². The number of aromatic nitrogens is 1. The highest BCUT2D eigenvalue weighted by atomic mass is 19.4. The SMILES string of the molecule is NCc1cnoc1C(F)(F)F. The number of nitrogens with zero attached hydrogens (tertiary/aromatic N) is 1. The van der Waals surface area contributed by atoms with Crippen LogP contribution in [0.25, 0.3) is 0 Å². The van der Waals surface area contributed by atoms with E-state index in [0.717, 1.165) is 6.20 Å². The lowest BCUT2D eigenvalue weighted by Gasteiger charge is -2.01. The highest BCUT2D eigenvalue weighted by Gasteiger charge is 2.37. The smallest absolute Gasteiger partial charge is 0.351 e. The number of nitrogens with two attached hydrogens (primary N) is 1. The molecule has 0 aromatic carbocycles. The quantitative estimate of drug-likeness (QED) is 0.680. The van der Waals surface area contributed by atoms with Gasteiger partial charge in [0, 0.05) is 12.1 Å². The first-order valence-corrected chi connectivity index (χ1v) is 2.76. The molecule has 0 spiro atoms. The summed E-state index contributed by atoms with van der Waals surface area (Å²) in [5.41, 5.74) is 4.86. The van der Waals surface area contributed by atoms with Crippen LogP contribution in [0, 0.1) is 0 Å². The summed E-state index contributed by atoms with van der Waals surface area (Å²) in [5.74, 6) is -1.11. The molecular weight excluding hydrogens is 161 g/mol. The normalized spacial score (nSPS) is 12.0. The largest absolute Gasteiger partial charge is 0.452 e. The molecule has 0 aliphatic heterocycles. The first kappa shape index (κ1) is 8.06. The number of hydrogen-bond acceptors (Lipinski definition) is 3. The molecule has 1 heterocycles. The van der Waals surface area contributed by atoms with E-state index in [1.807, 2.05) is 0 Å². The molecule has 0 aliphatic rings. The molecule has 3 nitrogen and oxygen atoms in total. The van der Waals surface area contributed by atoms with Crippen molar-refractivity contribution in [3.05, 3.63) is 17.5 Å². The monoisotopic (exact) mass is 166 g/mol. The van der Waals surface area contributed by atoms with Crippen LogP contribution in [0.2, 0.25) is 0 Å². The zero-order chi connectivity index (χ0) is 8.48. The molecule has 11 heavy (non-hydrogen) atoms. The van der Waals surface area contributed by atoms with Gasteiger partial charge in [-0.3, -0.25) is 0 Å². The van der Waals surface area contributed by atoms with Crippen molar-refractivity contribution in [2.24, 2.45) is 5.73 Å². The van der Waals surface area contributed by atoms with Crippen LogP contribution >= 0.6 is 0 Å². The second kappa shape index (κ2) is 2.54. The predicted octanol–water partition coefficient (Wildman–Crippen LogP) is 1.15. The maximum absolute atomic E-state index is 11.9. The predicted molar refractivity (Wildman–Crippen MR) is 29.4 cm³/mol. The van der Waals surface area contributed by atoms with Crippen LogP contribution < -0.4 is 5.73 Å². The van der Waals surface area contributed by atoms with Gasteiger partial charge in [-0.15, -0.1) is 0 Å². The van der Waals surface area contributed by atoms with Gasteiger partial charge in [-0.05, 0) is 0 Å². The lowest BCUT2D eigenvalue weighted by atomic mass is 10.2. The highest BCUT2D eigenvalue weighted by Crippen LogP contribution is 2.31. The van der Waals surface area contributed by atoms with E-state index in [0.29, 0.717) is 0 Å². The molecular formula is C5H5F3N2O. The molecule has 6 heteroatoms. The summed E-state index contributed by atoms with van der Waals surface area (Å²) in [6, 6.07) is 0. The maximum Gasteiger partial charge on any atom is 0.452 e. The maximum atomic E-state index is 11.9. The van der Waals surface area contributed by atoms with E-state index in [2.05, 4.69) is 9.68 Å². The molecule has 0 aliphatic carbocycles. The van der Waals surface area contributed by atoms with Crippen LogP contribution in [-0.4, -0.2) is 5.16 Å². The average Bonchev–Trinajstić information content (AvgIpc) is 2.31. The van der Waals surface area contributed by atoms with Gasteiger partial charge >= 0.3 is 6.18 Å². The highest BCUT2D eigenvalue weighted by molar-refractivity contribution is 5.15. The minimum atomic E-state index is -4.49. The Bertz CT molecular complexity index is 242. The van der Waals surface area contributed by atoms with Gasteiger partial charge in [0.1, 0.15) is 0 Å². The third kappa shape index (κ3) is 1.51. The van der Waals surface area contributed by atoms with Gasteiger partial charge in [0.05, 0.1) is 6.20 Å². The molecule has 0 atom stereocenters. The Labute approximate surface area is 60.0 Å². The summed E-state index contributed by atoms with van der Waals surface area (Å²) in [6.45, 7) is -0.224. The Kier molecular flexibility index (Phi) is 1.86. The van der Waals surface area contributed by atoms with Gasteiger partial charge in [-0.2, -0.15) is 13.2 Å². The lowest BCUT2D eigenvalue weighted by molar-refractivity contribution is -0.156. The summed E-state index contributed by atoms with van der Waals surface area (Å²) < 4.78 is 39.6. The minimum absolute atomic E-state index is 0.127. The van der Waals surface area contributed by atoms with Crippen molar-refractivity contribution in [1.82, 2.24) is 5.16 Å². The van der Waals surface area contributed by atoms with E-state index in [9.17, 15) is 13.2 Å². The Balaban J connectivity index is 3.02. The lowest BCUT2D eigenvalue weighted by Crippen LogP contribution is -2.08. The number of rotatable bonds is 1. The van der Waals surface area contributed by atoms with Crippen LogP contribution in [-0.2, 0) is 12.7 Å². The van der Waals surface area contributed by atoms with Gasteiger partial charge in [-0.1, -0.05) is 5.16 Å². The zero-order valence-corrected chi connectivity index (χ0v) is 5.35. The standard InChI is InChI=1S/C5H5F3N2O/c6-5(7,8)4-3(1-9)2-10-11-4/h2H,1,9H2. The fourth-order valence-electron chi connectivity index (χ4n) is 0.639. The van der Waals surface area contributed by atoms with E-state index in [4.69, 9.17) is 5.73 Å². The zero-order valence-electron chi connectivity index (χ0n) is 5.35. The Hall–Kier alpha value is -1.04. The van der Waals surface area contributed by atoms with Crippen molar-refractivity contribution in [2.75, 3.05) is 0 Å². The van der Waals surface area contributed by atoms with Crippen LogP contribution in [0.4, 0.5) is 13.2 Å². The summed E-state index contributed by atoms with van der Waals surface area (Å²) in [5, 5.41) is 2.98. The van der Waals surface area contributed by atoms with Crippen LogP contribution in [0.1, 0.15) is 11.3 Å². The van der Waals surface area contributed by atoms with Gasteiger partial charge in [0.15, 0.2) is 0 Å². The van der Waals surface area contributed by atoms with Crippen molar-refractivity contribution in [1.29, 1.82) is 0 Å². The van der Waals surface area contributed by atoms with E-state index in [-0.39, 0.29) is 12.1 Å². The van der Waals surface area contributed by atoms with Gasteiger partial charge in [-0.25, -0.2) is 0 Å². The molecule has 0 fully saturated rings. The number of hydrogen-bond donors (Lipinski definition) is 1.